The summed E-state index contributed by atoms with van der Waals surface area (Å²) in [6, 6.07) is 14.9. The van der Waals surface area contributed by atoms with Crippen LogP contribution in [0.4, 0.5) is 0 Å². The number of amides is 1. The normalized spacial score (nSPS) is 11.7. The molecule has 0 spiro atoms. The lowest BCUT2D eigenvalue weighted by atomic mass is 10.0. The molecule has 0 bridgehead atoms. The van der Waals surface area contributed by atoms with E-state index in [-0.39, 0.29) is 11.9 Å². The maximum absolute atomic E-state index is 12.5. The van der Waals surface area contributed by atoms with E-state index in [1.54, 1.807) is 37.5 Å². The van der Waals surface area contributed by atoms with Crippen molar-refractivity contribution in [2.75, 3.05) is 34.4 Å². The highest BCUT2D eigenvalue weighted by Crippen LogP contribution is 2.27. The zero-order valence-corrected chi connectivity index (χ0v) is 15.6. The van der Waals surface area contributed by atoms with E-state index in [0.29, 0.717) is 24.5 Å². The molecule has 0 aliphatic carbocycles. The van der Waals surface area contributed by atoms with Gasteiger partial charge in [0.1, 0.15) is 18.1 Å². The van der Waals surface area contributed by atoms with E-state index < -0.39 is 0 Å². The highest BCUT2D eigenvalue weighted by Gasteiger charge is 2.19. The summed E-state index contributed by atoms with van der Waals surface area (Å²) in [5, 5.41) is 3.00. The lowest BCUT2D eigenvalue weighted by Gasteiger charge is -2.26. The maximum Gasteiger partial charge on any atom is 0.251 e. The van der Waals surface area contributed by atoms with Gasteiger partial charge >= 0.3 is 0 Å². The van der Waals surface area contributed by atoms with Gasteiger partial charge in [-0.15, -0.1) is 0 Å². The van der Waals surface area contributed by atoms with E-state index in [1.165, 1.54) is 0 Å². The van der Waals surface area contributed by atoms with Crippen LogP contribution in [-0.4, -0.2) is 45.2 Å². The largest absolute Gasteiger partial charge is 0.496 e. The molecular formula is C21H26N2O3. The second-order valence-corrected chi connectivity index (χ2v) is 6.06. The standard InChI is InChI=1S/C21H26N2O3/c1-5-14-26-17-12-10-16(11-13-17)21(24)22-15-19(23(2)3)18-8-6-7-9-20(18)25-4/h5-13,19H,1,14-15H2,2-4H3,(H,22,24)/t19-/m0/s1. The number of carbonyl (C=O) groups excluding carboxylic acids is 1. The van der Waals surface area contributed by atoms with Gasteiger partial charge in [0, 0.05) is 17.7 Å². The summed E-state index contributed by atoms with van der Waals surface area (Å²) in [5.74, 6) is 1.40. The number of para-hydroxylation sites is 1. The van der Waals surface area contributed by atoms with E-state index >= 15 is 0 Å². The molecule has 26 heavy (non-hydrogen) atoms. The number of nitrogens with one attached hydrogen (secondary N) is 1. The number of ether oxygens (including phenoxy) is 2. The summed E-state index contributed by atoms with van der Waals surface area (Å²) in [5.41, 5.74) is 1.63. The van der Waals surface area contributed by atoms with Gasteiger partial charge in [0.2, 0.25) is 0 Å². The number of rotatable bonds is 9. The zero-order chi connectivity index (χ0) is 18.9. The number of hydrogen-bond donors (Lipinski definition) is 1. The quantitative estimate of drug-likeness (QED) is 0.702. The Bertz CT molecular complexity index is 726. The molecule has 5 nitrogen and oxygen atoms in total. The average molecular weight is 354 g/mol. The third-order valence-electron chi connectivity index (χ3n) is 4.06. The van der Waals surface area contributed by atoms with Crippen LogP contribution in [-0.2, 0) is 0 Å². The number of nitrogens with zero attached hydrogens (tertiary/aromatic N) is 1. The summed E-state index contributed by atoms with van der Waals surface area (Å²) >= 11 is 0. The number of carbonyl (C=O) groups is 1. The van der Waals surface area contributed by atoms with Crippen molar-refractivity contribution in [2.24, 2.45) is 0 Å². The van der Waals surface area contributed by atoms with Crippen LogP contribution >= 0.6 is 0 Å². The monoisotopic (exact) mass is 354 g/mol. The molecule has 138 valence electrons. The maximum atomic E-state index is 12.5. The fourth-order valence-corrected chi connectivity index (χ4v) is 2.66. The SMILES string of the molecule is C=CCOc1ccc(C(=O)NC[C@@H](c2ccccc2OC)N(C)C)cc1. The minimum Gasteiger partial charge on any atom is -0.496 e. The van der Waals surface area contributed by atoms with Crippen LogP contribution in [0, 0.1) is 0 Å². The number of likely N-dealkylation sites (N-methyl/N-ethyl adjacent to an activating group) is 1. The fourth-order valence-electron chi connectivity index (χ4n) is 2.66. The van der Waals surface area contributed by atoms with Crippen LogP contribution in [0.25, 0.3) is 0 Å². The van der Waals surface area contributed by atoms with Crippen molar-refractivity contribution in [2.45, 2.75) is 6.04 Å². The van der Waals surface area contributed by atoms with E-state index in [9.17, 15) is 4.79 Å². The van der Waals surface area contributed by atoms with Crippen LogP contribution in [0.15, 0.2) is 61.2 Å². The van der Waals surface area contributed by atoms with Gasteiger partial charge in [0.05, 0.1) is 13.2 Å². The Morgan fingerprint density at radius 1 is 1.19 bits per heavy atom. The molecule has 0 saturated heterocycles. The van der Waals surface area contributed by atoms with Crippen molar-refractivity contribution in [3.05, 3.63) is 72.3 Å². The molecule has 0 fully saturated rings. The van der Waals surface area contributed by atoms with Crippen LogP contribution in [0.2, 0.25) is 0 Å². The van der Waals surface area contributed by atoms with Crippen LogP contribution in [0.5, 0.6) is 11.5 Å². The Hall–Kier alpha value is -2.79. The molecule has 1 atom stereocenters. The first-order valence-electron chi connectivity index (χ1n) is 8.48. The van der Waals surface area contributed by atoms with Crippen molar-refractivity contribution in [1.82, 2.24) is 10.2 Å². The third kappa shape index (κ3) is 5.10. The third-order valence-corrected chi connectivity index (χ3v) is 4.06. The van der Waals surface area contributed by atoms with Gasteiger partial charge < -0.3 is 19.7 Å². The van der Waals surface area contributed by atoms with Crippen molar-refractivity contribution in [3.63, 3.8) is 0 Å². The summed E-state index contributed by atoms with van der Waals surface area (Å²) < 4.78 is 10.9. The molecule has 2 aromatic rings. The topological polar surface area (TPSA) is 50.8 Å². The van der Waals surface area contributed by atoms with Gasteiger partial charge in [-0.3, -0.25) is 4.79 Å². The first-order valence-corrected chi connectivity index (χ1v) is 8.48. The Balaban J connectivity index is 2.04. The lowest BCUT2D eigenvalue weighted by Crippen LogP contribution is -2.34. The predicted molar refractivity (Wildman–Crippen MR) is 104 cm³/mol. The molecule has 0 aliphatic heterocycles. The van der Waals surface area contributed by atoms with Gasteiger partial charge in [0.25, 0.3) is 5.91 Å². The first-order chi connectivity index (χ1) is 12.6. The van der Waals surface area contributed by atoms with Crippen molar-refractivity contribution in [3.8, 4) is 11.5 Å². The smallest absolute Gasteiger partial charge is 0.251 e. The Labute approximate surface area is 155 Å². The average Bonchev–Trinajstić information content (AvgIpc) is 2.66. The molecule has 0 heterocycles. The van der Waals surface area contributed by atoms with Crippen molar-refractivity contribution >= 4 is 5.91 Å². The Morgan fingerprint density at radius 2 is 1.88 bits per heavy atom. The molecule has 2 rings (SSSR count). The summed E-state index contributed by atoms with van der Waals surface area (Å²) in [6.45, 7) is 4.52. The van der Waals surface area contributed by atoms with E-state index in [2.05, 4.69) is 16.8 Å². The molecular weight excluding hydrogens is 328 g/mol. The van der Waals surface area contributed by atoms with Crippen molar-refractivity contribution < 1.29 is 14.3 Å². The minimum absolute atomic E-state index is 0.00491. The molecule has 0 aromatic heterocycles. The number of benzene rings is 2. The van der Waals surface area contributed by atoms with Gasteiger partial charge in [-0.2, -0.15) is 0 Å². The first kappa shape index (κ1) is 19.5. The van der Waals surface area contributed by atoms with Crippen molar-refractivity contribution in [1.29, 1.82) is 0 Å². The summed E-state index contributed by atoms with van der Waals surface area (Å²) in [6.07, 6.45) is 1.68. The van der Waals surface area contributed by atoms with Gasteiger partial charge in [0.15, 0.2) is 0 Å². The van der Waals surface area contributed by atoms with Crippen LogP contribution < -0.4 is 14.8 Å². The highest BCUT2D eigenvalue weighted by atomic mass is 16.5. The molecule has 1 amide bonds. The highest BCUT2D eigenvalue weighted by molar-refractivity contribution is 5.94. The van der Waals surface area contributed by atoms with E-state index in [1.807, 2.05) is 38.4 Å². The molecule has 1 N–H and O–H groups in total. The number of hydrogen-bond acceptors (Lipinski definition) is 4. The van der Waals surface area contributed by atoms with E-state index in [0.717, 1.165) is 11.3 Å². The molecule has 5 heteroatoms. The predicted octanol–water partition coefficient (Wildman–Crippen LogP) is 3.29. The van der Waals surface area contributed by atoms with Gasteiger partial charge in [-0.05, 0) is 44.4 Å². The minimum atomic E-state index is -0.123. The fraction of sp³-hybridized carbons (Fsp3) is 0.286. The molecule has 0 saturated carbocycles. The molecule has 2 aromatic carbocycles. The van der Waals surface area contributed by atoms with Gasteiger partial charge in [-0.25, -0.2) is 0 Å². The summed E-state index contributed by atoms with van der Waals surface area (Å²) in [7, 11) is 5.62. The van der Waals surface area contributed by atoms with Gasteiger partial charge in [-0.1, -0.05) is 30.9 Å². The Morgan fingerprint density at radius 3 is 2.50 bits per heavy atom. The molecule has 0 aliphatic rings. The number of methoxy groups -OCH3 is 1. The van der Waals surface area contributed by atoms with Crippen LogP contribution in [0.1, 0.15) is 22.0 Å². The second kappa shape index (κ2) is 9.63. The van der Waals surface area contributed by atoms with E-state index in [4.69, 9.17) is 9.47 Å². The molecule has 0 radical (unpaired) electrons. The Kier molecular flexibility index (Phi) is 7.24. The molecule has 0 unspecified atom stereocenters. The zero-order valence-electron chi connectivity index (χ0n) is 15.6. The summed E-state index contributed by atoms with van der Waals surface area (Å²) in [4.78, 5) is 14.5. The lowest BCUT2D eigenvalue weighted by molar-refractivity contribution is 0.0941. The van der Waals surface area contributed by atoms with Crippen LogP contribution in [0.3, 0.4) is 0 Å². The second-order valence-electron chi connectivity index (χ2n) is 6.06.